The number of nitrogens with zero attached hydrogens (tertiary/aromatic N) is 4. The first-order valence-corrected chi connectivity index (χ1v) is 16.3. The molecule has 18 heteroatoms. The molecule has 0 aliphatic carbocycles. The van der Waals surface area contributed by atoms with Crippen molar-refractivity contribution in [3.8, 4) is 5.75 Å². The lowest BCUT2D eigenvalue weighted by atomic mass is 10.1. The second kappa shape index (κ2) is 12.8. The SMILES string of the molecule is CCn1ncc2sc(N3CCN(S(=O)(=O)c4ccc(C(F)(F)F)cc4)[C@@H](C(=O)NCc4ccc(OC(F)(F)F)cc4)C3)c(C)c2c1=O. The summed E-state index contributed by atoms with van der Waals surface area (Å²) >= 11 is 1.25. The lowest BCUT2D eigenvalue weighted by Gasteiger charge is -2.40. The first kappa shape index (κ1) is 34.2. The Morgan fingerprint density at radius 1 is 1.04 bits per heavy atom. The van der Waals surface area contributed by atoms with Crippen LogP contribution in [-0.4, -0.2) is 60.4 Å². The average molecular weight is 704 g/mol. The number of rotatable bonds is 8. The molecule has 3 heterocycles. The number of piperazine rings is 1. The van der Waals surface area contributed by atoms with Crippen molar-refractivity contribution in [3.05, 3.63) is 81.8 Å². The Morgan fingerprint density at radius 3 is 2.30 bits per heavy atom. The topological polar surface area (TPSA) is 114 Å². The molecule has 47 heavy (non-hydrogen) atoms. The van der Waals surface area contributed by atoms with Crippen molar-refractivity contribution in [1.29, 1.82) is 0 Å². The molecule has 1 saturated heterocycles. The van der Waals surface area contributed by atoms with Crippen molar-refractivity contribution in [3.63, 3.8) is 0 Å². The molecule has 5 rings (SSSR count). The van der Waals surface area contributed by atoms with Gasteiger partial charge in [-0.15, -0.1) is 24.5 Å². The number of aryl methyl sites for hydroxylation is 2. The molecule has 1 aliphatic rings. The van der Waals surface area contributed by atoms with E-state index in [1.807, 2.05) is 0 Å². The zero-order valence-electron chi connectivity index (χ0n) is 24.7. The van der Waals surface area contributed by atoms with Gasteiger partial charge in [-0.05, 0) is 61.4 Å². The number of alkyl halides is 6. The molecule has 1 atom stereocenters. The van der Waals surface area contributed by atoms with E-state index in [-0.39, 0.29) is 31.7 Å². The number of fused-ring (bicyclic) bond motifs is 1. The molecule has 0 radical (unpaired) electrons. The Hall–Kier alpha value is -4.16. The van der Waals surface area contributed by atoms with E-state index < -0.39 is 50.7 Å². The fourth-order valence-electron chi connectivity index (χ4n) is 5.23. The molecular formula is C29H27F6N5O5S2. The van der Waals surface area contributed by atoms with Gasteiger partial charge in [0.1, 0.15) is 11.8 Å². The smallest absolute Gasteiger partial charge is 0.406 e. The highest BCUT2D eigenvalue weighted by Gasteiger charge is 2.41. The quantitative estimate of drug-likeness (QED) is 0.260. The molecule has 252 valence electrons. The van der Waals surface area contributed by atoms with Crippen LogP contribution in [0, 0.1) is 6.92 Å². The third-order valence-electron chi connectivity index (χ3n) is 7.54. The number of halogens is 6. The molecular weight excluding hydrogens is 676 g/mol. The van der Waals surface area contributed by atoms with E-state index in [4.69, 9.17) is 0 Å². The van der Waals surface area contributed by atoms with Crippen molar-refractivity contribution in [2.75, 3.05) is 24.5 Å². The van der Waals surface area contributed by atoms with Crippen LogP contribution in [0.15, 0.2) is 64.4 Å². The predicted octanol–water partition coefficient (Wildman–Crippen LogP) is 4.90. The van der Waals surface area contributed by atoms with E-state index in [1.54, 1.807) is 24.9 Å². The summed E-state index contributed by atoms with van der Waals surface area (Å²) in [6.07, 6.45) is -8.02. The maximum absolute atomic E-state index is 13.7. The summed E-state index contributed by atoms with van der Waals surface area (Å²) in [5.74, 6) is -1.22. The first-order chi connectivity index (χ1) is 22.0. The van der Waals surface area contributed by atoms with Gasteiger partial charge in [-0.3, -0.25) is 9.59 Å². The fourth-order valence-corrected chi connectivity index (χ4v) is 8.00. The van der Waals surface area contributed by atoms with Crippen LogP contribution in [0.3, 0.4) is 0 Å². The van der Waals surface area contributed by atoms with Crippen LogP contribution >= 0.6 is 11.3 Å². The standard InChI is InChI=1S/C29H27F6N5O5S2/c1-3-39-26(42)24-17(2)27(46-23(24)15-37-39)38-12-13-40(47(43,44)21-10-6-19(7-11-21)28(30,31)32)22(16-38)25(41)36-14-18-4-8-20(9-5-18)45-29(33,34)35/h4-11,15,22H,3,12-14,16H2,1-2H3,(H,36,41)/t22-/m1/s1. The monoisotopic (exact) mass is 703 g/mol. The molecule has 2 aromatic heterocycles. The van der Waals surface area contributed by atoms with E-state index in [9.17, 15) is 44.3 Å². The average Bonchev–Trinajstić information content (AvgIpc) is 3.36. The Balaban J connectivity index is 1.44. The van der Waals surface area contributed by atoms with Crippen molar-refractivity contribution in [2.45, 2.75) is 50.4 Å². The highest BCUT2D eigenvalue weighted by Crippen LogP contribution is 2.38. The van der Waals surface area contributed by atoms with Crippen molar-refractivity contribution >= 4 is 42.4 Å². The van der Waals surface area contributed by atoms with Crippen LogP contribution in [-0.2, 0) is 34.1 Å². The van der Waals surface area contributed by atoms with Gasteiger partial charge in [0.05, 0.1) is 31.7 Å². The summed E-state index contributed by atoms with van der Waals surface area (Å²) in [5, 5.41) is 7.83. The molecule has 0 bridgehead atoms. The van der Waals surface area contributed by atoms with E-state index in [2.05, 4.69) is 15.2 Å². The molecule has 10 nitrogen and oxygen atoms in total. The highest BCUT2D eigenvalue weighted by molar-refractivity contribution is 7.89. The first-order valence-electron chi connectivity index (χ1n) is 14.0. The van der Waals surface area contributed by atoms with Gasteiger partial charge in [-0.25, -0.2) is 13.1 Å². The summed E-state index contributed by atoms with van der Waals surface area (Å²) in [4.78, 5) is 28.0. The fraction of sp³-hybridized carbons (Fsp3) is 0.345. The van der Waals surface area contributed by atoms with Gasteiger partial charge in [0, 0.05) is 32.7 Å². The second-order valence-electron chi connectivity index (χ2n) is 10.5. The number of thiophene rings is 1. The summed E-state index contributed by atoms with van der Waals surface area (Å²) in [7, 11) is -4.49. The molecule has 0 spiro atoms. The number of hydrogen-bond acceptors (Lipinski definition) is 8. The van der Waals surface area contributed by atoms with Gasteiger partial charge in [0.25, 0.3) is 5.56 Å². The van der Waals surface area contributed by atoms with Crippen molar-refractivity contribution in [2.24, 2.45) is 0 Å². The Bertz CT molecular complexity index is 1940. The zero-order chi connectivity index (χ0) is 34.3. The number of carbonyl (C=O) groups excluding carboxylic acids is 1. The predicted molar refractivity (Wildman–Crippen MR) is 161 cm³/mol. The number of anilines is 1. The number of benzene rings is 2. The van der Waals surface area contributed by atoms with E-state index in [1.165, 1.54) is 28.2 Å². The van der Waals surface area contributed by atoms with Gasteiger partial charge in [-0.2, -0.15) is 22.6 Å². The number of ether oxygens (including phenoxy) is 1. The van der Waals surface area contributed by atoms with Crippen LogP contribution in [0.4, 0.5) is 31.3 Å². The Labute approximate surface area is 268 Å². The Kier molecular flexibility index (Phi) is 9.31. The van der Waals surface area contributed by atoms with Gasteiger partial charge >= 0.3 is 12.5 Å². The number of aromatic nitrogens is 2. The summed E-state index contributed by atoms with van der Waals surface area (Å²) in [6, 6.07) is 6.27. The van der Waals surface area contributed by atoms with E-state index in [0.29, 0.717) is 44.9 Å². The van der Waals surface area contributed by atoms with E-state index in [0.717, 1.165) is 28.6 Å². The number of carbonyl (C=O) groups is 1. The molecule has 2 aromatic carbocycles. The summed E-state index contributed by atoms with van der Waals surface area (Å²) in [5.41, 5.74) is -0.328. The minimum Gasteiger partial charge on any atom is -0.406 e. The van der Waals surface area contributed by atoms with Gasteiger partial charge in [0.2, 0.25) is 15.9 Å². The Morgan fingerprint density at radius 2 is 1.70 bits per heavy atom. The van der Waals surface area contributed by atoms with Crippen molar-refractivity contribution < 1.29 is 44.3 Å². The number of hydrogen-bond donors (Lipinski definition) is 1. The largest absolute Gasteiger partial charge is 0.573 e. The lowest BCUT2D eigenvalue weighted by molar-refractivity contribution is -0.274. The summed E-state index contributed by atoms with van der Waals surface area (Å²) in [6.45, 7) is 3.37. The second-order valence-corrected chi connectivity index (χ2v) is 13.5. The number of sulfonamides is 1. The van der Waals surface area contributed by atoms with Gasteiger partial charge < -0.3 is 15.0 Å². The molecule has 4 aromatic rings. The van der Waals surface area contributed by atoms with Crippen LogP contribution < -0.4 is 20.5 Å². The normalized spacial score (nSPS) is 16.4. The molecule has 0 unspecified atom stereocenters. The minimum absolute atomic E-state index is 0.0906. The minimum atomic E-state index is -4.89. The van der Waals surface area contributed by atoms with E-state index >= 15 is 0 Å². The van der Waals surface area contributed by atoms with Gasteiger partial charge in [-0.1, -0.05) is 12.1 Å². The van der Waals surface area contributed by atoms with Gasteiger partial charge in [0.15, 0.2) is 0 Å². The third kappa shape index (κ3) is 7.23. The molecule has 1 aliphatic heterocycles. The third-order valence-corrected chi connectivity index (χ3v) is 10.8. The molecule has 1 fully saturated rings. The van der Waals surface area contributed by atoms with Crippen LogP contribution in [0.5, 0.6) is 5.75 Å². The van der Waals surface area contributed by atoms with Crippen LogP contribution in [0.1, 0.15) is 23.6 Å². The number of amides is 1. The van der Waals surface area contributed by atoms with Crippen LogP contribution in [0.2, 0.25) is 0 Å². The molecule has 1 N–H and O–H groups in total. The van der Waals surface area contributed by atoms with Crippen LogP contribution in [0.25, 0.3) is 10.1 Å². The zero-order valence-corrected chi connectivity index (χ0v) is 26.4. The number of nitrogens with one attached hydrogen (secondary N) is 1. The summed E-state index contributed by atoms with van der Waals surface area (Å²) < 4.78 is 111. The van der Waals surface area contributed by atoms with Crippen molar-refractivity contribution in [1.82, 2.24) is 19.4 Å². The lowest BCUT2D eigenvalue weighted by Crippen LogP contribution is -2.60. The maximum Gasteiger partial charge on any atom is 0.573 e. The molecule has 1 amide bonds. The molecule has 0 saturated carbocycles. The maximum atomic E-state index is 13.7. The highest BCUT2D eigenvalue weighted by atomic mass is 32.2.